The molecule has 45 heavy (non-hydrogen) atoms. The quantitative estimate of drug-likeness (QED) is 0.0714. The number of carbonyl (C=O) groups excluding carboxylic acids is 3. The summed E-state index contributed by atoms with van der Waals surface area (Å²) in [5.74, 6) is -1.15. The second-order valence-corrected chi connectivity index (χ2v) is 14.5. The molecule has 0 saturated carbocycles. The SMILES string of the molecule is COC(=O)[C@H](Cc1ccccc1)NP(=O)(OC[C@H]1O[C@@H](N2C(=O)NC(=O)C(C)(Br)C2OC)C[C@@H]1N=[N+]=[N-])Oc1cccc(Br)c1. The van der Waals surface area contributed by atoms with Gasteiger partial charge in [0.25, 0.3) is 0 Å². The van der Waals surface area contributed by atoms with Gasteiger partial charge in [-0.1, -0.05) is 73.4 Å². The van der Waals surface area contributed by atoms with Crippen LogP contribution >= 0.6 is 39.6 Å². The number of hydrogen-bond acceptors (Lipinski definition) is 10. The van der Waals surface area contributed by atoms with E-state index < -0.39 is 67.2 Å². The van der Waals surface area contributed by atoms with Gasteiger partial charge in [0.05, 0.1) is 25.9 Å². The summed E-state index contributed by atoms with van der Waals surface area (Å²) in [7, 11) is -1.85. The van der Waals surface area contributed by atoms with Crippen LogP contribution in [0.5, 0.6) is 5.75 Å². The molecule has 18 heteroatoms. The molecule has 2 aromatic rings. The zero-order valence-corrected chi connectivity index (χ0v) is 28.4. The number of carbonyl (C=O) groups is 3. The highest BCUT2D eigenvalue weighted by Gasteiger charge is 2.54. The summed E-state index contributed by atoms with van der Waals surface area (Å²) in [6.07, 6.45) is -3.03. The lowest BCUT2D eigenvalue weighted by Crippen LogP contribution is -2.69. The van der Waals surface area contributed by atoms with Gasteiger partial charge in [0.1, 0.15) is 22.3 Å². The lowest BCUT2D eigenvalue weighted by atomic mass is 10.0. The Kier molecular flexibility index (Phi) is 11.7. The Morgan fingerprint density at radius 3 is 2.64 bits per heavy atom. The van der Waals surface area contributed by atoms with Crippen LogP contribution in [0.4, 0.5) is 4.79 Å². The van der Waals surface area contributed by atoms with E-state index in [1.165, 1.54) is 26.0 Å². The van der Waals surface area contributed by atoms with E-state index in [0.29, 0.717) is 4.47 Å². The summed E-state index contributed by atoms with van der Waals surface area (Å²) < 4.78 is 41.8. The Morgan fingerprint density at radius 2 is 2.00 bits per heavy atom. The van der Waals surface area contributed by atoms with Gasteiger partial charge in [-0.05, 0) is 42.6 Å². The number of amides is 3. The molecule has 2 saturated heterocycles. The second-order valence-electron chi connectivity index (χ2n) is 10.2. The zero-order valence-electron chi connectivity index (χ0n) is 24.4. The Balaban J connectivity index is 1.59. The van der Waals surface area contributed by atoms with Crippen LogP contribution in [-0.2, 0) is 39.3 Å². The largest absolute Gasteiger partial charge is 0.468 e. The highest BCUT2D eigenvalue weighted by molar-refractivity contribution is 9.10. The predicted molar refractivity (Wildman–Crippen MR) is 167 cm³/mol. The minimum absolute atomic E-state index is 0.00560. The maximum atomic E-state index is 14.3. The smallest absolute Gasteiger partial charge is 0.459 e. The van der Waals surface area contributed by atoms with Crippen molar-refractivity contribution < 1.29 is 42.2 Å². The average molecular weight is 774 g/mol. The van der Waals surface area contributed by atoms with E-state index in [1.807, 2.05) is 6.07 Å². The van der Waals surface area contributed by atoms with Gasteiger partial charge in [0, 0.05) is 22.9 Å². The summed E-state index contributed by atoms with van der Waals surface area (Å²) in [6.45, 7) is 1.08. The van der Waals surface area contributed by atoms with Crippen molar-refractivity contribution in [2.75, 3.05) is 20.8 Å². The van der Waals surface area contributed by atoms with Gasteiger partial charge < -0.3 is 18.7 Å². The molecule has 2 aromatic carbocycles. The van der Waals surface area contributed by atoms with Gasteiger partial charge in [0.2, 0.25) is 5.91 Å². The molecule has 4 rings (SSSR count). The van der Waals surface area contributed by atoms with Crippen molar-refractivity contribution in [1.29, 1.82) is 0 Å². The fraction of sp³-hybridized carbons (Fsp3) is 0.444. The number of nitrogens with zero attached hydrogens (tertiary/aromatic N) is 4. The Bertz CT molecular complexity index is 1500. The fourth-order valence-corrected chi connectivity index (χ4v) is 7.27. The van der Waals surface area contributed by atoms with Crippen molar-refractivity contribution in [3.8, 4) is 5.75 Å². The summed E-state index contributed by atoms with van der Waals surface area (Å²) in [5.41, 5.74) is 10.0. The number of halogens is 2. The van der Waals surface area contributed by atoms with Gasteiger partial charge >= 0.3 is 19.7 Å². The predicted octanol–water partition coefficient (Wildman–Crippen LogP) is 4.80. The molecule has 242 valence electrons. The minimum Gasteiger partial charge on any atom is -0.468 e. The fourth-order valence-electron chi connectivity index (χ4n) is 4.89. The van der Waals surface area contributed by atoms with E-state index in [4.69, 9.17) is 23.3 Å². The number of rotatable bonds is 13. The Hall–Kier alpha value is -3.01. The highest BCUT2D eigenvalue weighted by Crippen LogP contribution is 2.47. The normalized spacial score (nSPS) is 26.7. The van der Waals surface area contributed by atoms with E-state index in [2.05, 4.69) is 52.3 Å². The van der Waals surface area contributed by atoms with Crippen LogP contribution in [0.25, 0.3) is 10.4 Å². The Morgan fingerprint density at radius 1 is 1.27 bits per heavy atom. The molecule has 0 spiro atoms. The lowest BCUT2D eigenvalue weighted by molar-refractivity contribution is -0.152. The van der Waals surface area contributed by atoms with E-state index in [1.54, 1.807) is 48.5 Å². The zero-order chi connectivity index (χ0) is 32.8. The molecular weight excluding hydrogens is 743 g/mol. The Labute approximate surface area is 275 Å². The first-order valence-corrected chi connectivity index (χ1v) is 16.7. The minimum atomic E-state index is -4.39. The molecule has 7 atom stereocenters. The number of esters is 1. The molecule has 0 aliphatic carbocycles. The number of benzene rings is 2. The molecular formula is C27H31Br2N6O9P. The summed E-state index contributed by atoms with van der Waals surface area (Å²) in [6, 6.07) is 12.7. The third-order valence-corrected chi connectivity index (χ3v) is 9.88. The van der Waals surface area contributed by atoms with Crippen molar-refractivity contribution in [3.05, 3.63) is 75.1 Å². The average Bonchev–Trinajstić information content (AvgIpc) is 3.40. The van der Waals surface area contributed by atoms with Gasteiger partial charge in [-0.25, -0.2) is 9.36 Å². The standard InChI is InChI=1S/C27H31Br2N6O9P/c1-27(29)24(37)31-26(38)35(25(27)41-3)22-14-19(32-34-30)21(43-22)15-42-45(39,44-18-11-7-10-17(28)13-18)33-20(23(36)40-2)12-16-8-5-4-6-9-16/h4-11,13,19-22,25H,12,14-15H2,1-3H3,(H,33,39)(H,31,37,38)/t19-,20-,21+,22+,25?,27?,45?/m0/s1. The van der Waals surface area contributed by atoms with Crippen molar-refractivity contribution >= 4 is 57.5 Å². The van der Waals surface area contributed by atoms with E-state index >= 15 is 0 Å². The van der Waals surface area contributed by atoms with E-state index in [0.717, 1.165) is 5.56 Å². The molecule has 3 amide bonds. The van der Waals surface area contributed by atoms with Crippen LogP contribution in [0, 0.1) is 0 Å². The molecule has 0 bridgehead atoms. The van der Waals surface area contributed by atoms with Crippen LogP contribution in [0.15, 0.2) is 64.2 Å². The first-order valence-electron chi connectivity index (χ1n) is 13.5. The van der Waals surface area contributed by atoms with Gasteiger partial charge in [-0.2, -0.15) is 5.09 Å². The monoisotopic (exact) mass is 772 g/mol. The van der Waals surface area contributed by atoms with E-state index in [-0.39, 0.29) is 18.6 Å². The maximum Gasteiger partial charge on any atom is 0.459 e. The van der Waals surface area contributed by atoms with Crippen LogP contribution in [-0.4, -0.2) is 78.6 Å². The molecule has 2 aliphatic rings. The number of azide groups is 1. The van der Waals surface area contributed by atoms with Gasteiger partial charge in [0.15, 0.2) is 6.23 Å². The van der Waals surface area contributed by atoms with Crippen LogP contribution in [0.2, 0.25) is 0 Å². The molecule has 0 radical (unpaired) electrons. The van der Waals surface area contributed by atoms with Gasteiger partial charge in [-0.15, -0.1) is 0 Å². The third-order valence-electron chi connectivity index (χ3n) is 7.07. The number of alkyl halides is 1. The summed E-state index contributed by atoms with van der Waals surface area (Å²) in [4.78, 5) is 42.2. The number of urea groups is 1. The third kappa shape index (κ3) is 8.43. The molecule has 2 heterocycles. The number of imide groups is 1. The highest BCUT2D eigenvalue weighted by atomic mass is 79.9. The first kappa shape index (κ1) is 34.9. The van der Waals surface area contributed by atoms with Crippen LogP contribution < -0.4 is 14.9 Å². The van der Waals surface area contributed by atoms with Crippen molar-refractivity contribution in [1.82, 2.24) is 15.3 Å². The molecule has 2 fully saturated rings. The molecule has 15 nitrogen and oxygen atoms in total. The molecule has 2 N–H and O–H groups in total. The number of hydrogen-bond donors (Lipinski definition) is 2. The second kappa shape index (κ2) is 15.1. The van der Waals surface area contributed by atoms with Crippen molar-refractivity contribution in [3.63, 3.8) is 0 Å². The molecule has 2 aliphatic heterocycles. The van der Waals surface area contributed by atoms with Crippen LogP contribution in [0.3, 0.4) is 0 Å². The van der Waals surface area contributed by atoms with Crippen molar-refractivity contribution in [2.24, 2.45) is 5.11 Å². The van der Waals surface area contributed by atoms with E-state index in [9.17, 15) is 24.5 Å². The number of nitrogens with one attached hydrogen (secondary N) is 2. The topological polar surface area (TPSA) is 190 Å². The lowest BCUT2D eigenvalue weighted by Gasteiger charge is -2.44. The van der Waals surface area contributed by atoms with Gasteiger partial charge in [-0.3, -0.25) is 24.3 Å². The molecule has 0 aromatic heterocycles. The first-order chi connectivity index (χ1) is 21.4. The molecule has 3 unspecified atom stereocenters. The summed E-state index contributed by atoms with van der Waals surface area (Å²) >= 11 is 6.67. The number of methoxy groups -OCH3 is 2. The number of ether oxygens (including phenoxy) is 3. The maximum absolute atomic E-state index is 14.3. The summed E-state index contributed by atoms with van der Waals surface area (Å²) in [5, 5.41) is 8.76. The van der Waals surface area contributed by atoms with Crippen molar-refractivity contribution in [2.45, 2.75) is 54.7 Å². The van der Waals surface area contributed by atoms with Crippen LogP contribution in [0.1, 0.15) is 18.9 Å².